The number of rotatable bonds is 3. The summed E-state index contributed by atoms with van der Waals surface area (Å²) in [6.45, 7) is 2.09. The van der Waals surface area contributed by atoms with E-state index in [1.165, 1.54) is 12.1 Å². The molecule has 2 heterocycles. The van der Waals surface area contributed by atoms with Crippen molar-refractivity contribution in [2.75, 3.05) is 7.11 Å². The van der Waals surface area contributed by atoms with Crippen LogP contribution < -0.4 is 4.74 Å². The summed E-state index contributed by atoms with van der Waals surface area (Å²) in [5, 5.41) is 14.1. The lowest BCUT2D eigenvalue weighted by atomic mass is 10.1. The molecule has 1 aliphatic heterocycles. The number of methoxy groups -OCH3 is 1. The van der Waals surface area contributed by atoms with Crippen molar-refractivity contribution in [3.8, 4) is 17.1 Å². The molecule has 1 atom stereocenters. The molecule has 0 saturated carbocycles. The summed E-state index contributed by atoms with van der Waals surface area (Å²) in [5.41, 5.74) is 2.72. The summed E-state index contributed by atoms with van der Waals surface area (Å²) in [4.78, 5) is 0. The fourth-order valence-electron chi connectivity index (χ4n) is 2.67. The number of ether oxygens (including phenoxy) is 1. The van der Waals surface area contributed by atoms with Crippen LogP contribution in [0.3, 0.4) is 0 Å². The van der Waals surface area contributed by atoms with Gasteiger partial charge in [0.05, 0.1) is 18.1 Å². The van der Waals surface area contributed by atoms with Crippen LogP contribution in [0.5, 0.6) is 5.75 Å². The van der Waals surface area contributed by atoms with Crippen LogP contribution in [0.2, 0.25) is 0 Å². The SMILES string of the molecule is COc1ccc(C2=Nn3c(nnc3-c3ccc(F)cc3)S[C@@H]2C)cc1. The second kappa shape index (κ2) is 6.33. The lowest BCUT2D eigenvalue weighted by Crippen LogP contribution is -2.21. The maximum Gasteiger partial charge on any atom is 0.213 e. The number of hydrogen-bond acceptors (Lipinski definition) is 5. The third-order valence-corrected chi connectivity index (χ3v) is 5.02. The Morgan fingerprint density at radius 1 is 1.00 bits per heavy atom. The molecule has 126 valence electrons. The second-order valence-electron chi connectivity index (χ2n) is 5.60. The molecule has 7 heteroatoms. The van der Waals surface area contributed by atoms with Gasteiger partial charge in [-0.1, -0.05) is 11.8 Å². The fourth-order valence-corrected chi connectivity index (χ4v) is 3.59. The van der Waals surface area contributed by atoms with Gasteiger partial charge in [-0.2, -0.15) is 9.78 Å². The quantitative estimate of drug-likeness (QED) is 0.717. The summed E-state index contributed by atoms with van der Waals surface area (Å²) < 4.78 is 20.1. The van der Waals surface area contributed by atoms with Gasteiger partial charge in [-0.25, -0.2) is 4.39 Å². The first-order valence-electron chi connectivity index (χ1n) is 7.77. The highest BCUT2D eigenvalue weighted by molar-refractivity contribution is 8.00. The van der Waals surface area contributed by atoms with Crippen LogP contribution in [0.15, 0.2) is 58.8 Å². The van der Waals surface area contributed by atoms with E-state index in [2.05, 4.69) is 17.1 Å². The highest BCUT2D eigenvalue weighted by atomic mass is 32.2. The van der Waals surface area contributed by atoms with E-state index < -0.39 is 0 Å². The zero-order valence-corrected chi connectivity index (χ0v) is 14.5. The lowest BCUT2D eigenvalue weighted by molar-refractivity contribution is 0.415. The van der Waals surface area contributed by atoms with Crippen molar-refractivity contribution in [3.63, 3.8) is 0 Å². The van der Waals surface area contributed by atoms with Crippen LogP contribution >= 0.6 is 11.8 Å². The zero-order valence-electron chi connectivity index (χ0n) is 13.7. The van der Waals surface area contributed by atoms with Gasteiger partial charge >= 0.3 is 0 Å². The van der Waals surface area contributed by atoms with Crippen LogP contribution in [-0.2, 0) is 0 Å². The van der Waals surface area contributed by atoms with E-state index >= 15 is 0 Å². The maximum absolute atomic E-state index is 13.2. The molecular weight excluding hydrogens is 339 g/mol. The molecule has 0 bridgehead atoms. The molecule has 0 aliphatic carbocycles. The standard InChI is InChI=1S/C18H15FN4OS/c1-11-16(12-5-9-15(24-2)10-6-12)22-23-17(20-21-18(23)25-11)13-3-7-14(19)8-4-13/h3-11H,1-2H3/t11-/m1/s1. The van der Waals surface area contributed by atoms with E-state index in [1.807, 2.05) is 24.3 Å². The highest BCUT2D eigenvalue weighted by Gasteiger charge is 2.26. The number of fused-ring (bicyclic) bond motifs is 1. The molecule has 1 aromatic heterocycles. The zero-order chi connectivity index (χ0) is 17.4. The molecular formula is C18H15FN4OS. The number of hydrogen-bond donors (Lipinski definition) is 0. The Kier molecular flexibility index (Phi) is 4.01. The number of aromatic nitrogens is 3. The Labute approximate surface area is 148 Å². The van der Waals surface area contributed by atoms with Crippen LogP contribution in [0.25, 0.3) is 11.4 Å². The van der Waals surface area contributed by atoms with Crippen LogP contribution in [0, 0.1) is 5.82 Å². The van der Waals surface area contributed by atoms with Gasteiger partial charge in [0.25, 0.3) is 0 Å². The lowest BCUT2D eigenvalue weighted by Gasteiger charge is -2.20. The third kappa shape index (κ3) is 2.91. The largest absolute Gasteiger partial charge is 0.497 e. The summed E-state index contributed by atoms with van der Waals surface area (Å²) in [5.74, 6) is 1.12. The van der Waals surface area contributed by atoms with Gasteiger partial charge in [0.2, 0.25) is 5.16 Å². The van der Waals surface area contributed by atoms with Gasteiger partial charge in [-0.15, -0.1) is 10.2 Å². The van der Waals surface area contributed by atoms with Crippen LogP contribution in [-0.4, -0.2) is 32.9 Å². The number of thioether (sulfide) groups is 1. The number of benzene rings is 2. The van der Waals surface area contributed by atoms with E-state index in [1.54, 1.807) is 35.7 Å². The minimum absolute atomic E-state index is 0.145. The molecule has 0 saturated heterocycles. The van der Waals surface area contributed by atoms with Crippen molar-refractivity contribution < 1.29 is 9.13 Å². The first-order valence-corrected chi connectivity index (χ1v) is 8.65. The minimum atomic E-state index is -0.285. The molecule has 2 aromatic carbocycles. The Balaban J connectivity index is 1.78. The van der Waals surface area contributed by atoms with E-state index in [4.69, 9.17) is 9.84 Å². The molecule has 1 aliphatic rings. The molecule has 0 radical (unpaired) electrons. The molecule has 0 unspecified atom stereocenters. The average Bonchev–Trinajstić information content (AvgIpc) is 3.04. The summed E-state index contributed by atoms with van der Waals surface area (Å²) in [7, 11) is 1.64. The van der Waals surface area contributed by atoms with Gasteiger partial charge in [0, 0.05) is 5.56 Å². The van der Waals surface area contributed by atoms with Gasteiger partial charge in [0.1, 0.15) is 11.6 Å². The molecule has 0 spiro atoms. The average molecular weight is 354 g/mol. The Morgan fingerprint density at radius 3 is 2.36 bits per heavy atom. The van der Waals surface area contributed by atoms with Crippen molar-refractivity contribution in [3.05, 3.63) is 59.9 Å². The summed E-state index contributed by atoms with van der Waals surface area (Å²) >= 11 is 1.60. The minimum Gasteiger partial charge on any atom is -0.497 e. The van der Waals surface area contributed by atoms with Crippen molar-refractivity contribution in [1.82, 2.24) is 14.9 Å². The van der Waals surface area contributed by atoms with Crippen molar-refractivity contribution >= 4 is 17.5 Å². The maximum atomic E-state index is 13.2. The first kappa shape index (κ1) is 15.8. The molecule has 5 nitrogen and oxygen atoms in total. The van der Waals surface area contributed by atoms with Gasteiger partial charge in [-0.05, 0) is 61.0 Å². The van der Waals surface area contributed by atoms with Crippen molar-refractivity contribution in [2.45, 2.75) is 17.3 Å². The molecule has 0 fully saturated rings. The number of halogens is 1. The molecule has 4 rings (SSSR count). The van der Waals surface area contributed by atoms with Crippen LogP contribution in [0.1, 0.15) is 12.5 Å². The topological polar surface area (TPSA) is 52.3 Å². The Bertz CT molecular complexity index is 935. The molecule has 25 heavy (non-hydrogen) atoms. The normalized spacial score (nSPS) is 16.3. The molecule has 0 N–H and O–H groups in total. The summed E-state index contributed by atoms with van der Waals surface area (Å²) in [6, 6.07) is 14.0. The van der Waals surface area contributed by atoms with E-state index in [0.29, 0.717) is 5.82 Å². The van der Waals surface area contributed by atoms with E-state index in [-0.39, 0.29) is 11.1 Å². The van der Waals surface area contributed by atoms with Gasteiger partial charge in [0.15, 0.2) is 5.82 Å². The second-order valence-corrected chi connectivity index (χ2v) is 6.91. The first-order chi connectivity index (χ1) is 12.2. The van der Waals surface area contributed by atoms with E-state index in [9.17, 15) is 4.39 Å². The van der Waals surface area contributed by atoms with Gasteiger partial charge in [-0.3, -0.25) is 0 Å². The van der Waals surface area contributed by atoms with Crippen molar-refractivity contribution in [1.29, 1.82) is 0 Å². The van der Waals surface area contributed by atoms with Crippen molar-refractivity contribution in [2.24, 2.45) is 5.10 Å². The van der Waals surface area contributed by atoms with E-state index in [0.717, 1.165) is 27.7 Å². The molecule has 0 amide bonds. The number of nitrogens with zero attached hydrogens (tertiary/aromatic N) is 4. The Hall–Kier alpha value is -2.67. The smallest absolute Gasteiger partial charge is 0.213 e. The monoisotopic (exact) mass is 354 g/mol. The fraction of sp³-hybridized carbons (Fsp3) is 0.167. The third-order valence-electron chi connectivity index (χ3n) is 3.98. The predicted molar refractivity (Wildman–Crippen MR) is 95.7 cm³/mol. The highest BCUT2D eigenvalue weighted by Crippen LogP contribution is 2.33. The van der Waals surface area contributed by atoms with Crippen LogP contribution in [0.4, 0.5) is 4.39 Å². The predicted octanol–water partition coefficient (Wildman–Crippen LogP) is 3.84. The van der Waals surface area contributed by atoms with Gasteiger partial charge < -0.3 is 4.74 Å². The Morgan fingerprint density at radius 2 is 1.68 bits per heavy atom. The molecule has 3 aromatic rings. The summed E-state index contributed by atoms with van der Waals surface area (Å²) in [6.07, 6.45) is 0.